The highest BCUT2D eigenvalue weighted by molar-refractivity contribution is 6.17. The summed E-state index contributed by atoms with van der Waals surface area (Å²) < 4.78 is 1.85. The van der Waals surface area contributed by atoms with Gasteiger partial charge in [-0.2, -0.15) is 5.10 Å². The molecule has 0 fully saturated rings. The van der Waals surface area contributed by atoms with Crippen LogP contribution in [0.1, 0.15) is 17.0 Å². The van der Waals surface area contributed by atoms with Crippen molar-refractivity contribution in [3.63, 3.8) is 0 Å². The van der Waals surface area contributed by atoms with E-state index in [0.29, 0.717) is 5.88 Å². The number of aromatic nitrogens is 2. The van der Waals surface area contributed by atoms with Crippen LogP contribution in [0.4, 0.5) is 0 Å². The Morgan fingerprint density at radius 1 is 1.50 bits per heavy atom. The van der Waals surface area contributed by atoms with Gasteiger partial charge in [0.25, 0.3) is 0 Å². The van der Waals surface area contributed by atoms with Crippen molar-refractivity contribution in [1.82, 2.24) is 9.78 Å². The van der Waals surface area contributed by atoms with E-state index in [1.54, 1.807) is 0 Å². The first kappa shape index (κ1) is 7.61. The van der Waals surface area contributed by atoms with Gasteiger partial charge in [-0.05, 0) is 13.8 Å². The van der Waals surface area contributed by atoms with Gasteiger partial charge in [0, 0.05) is 18.3 Å². The highest BCUT2D eigenvalue weighted by atomic mass is 35.5. The van der Waals surface area contributed by atoms with E-state index < -0.39 is 0 Å². The average Bonchev–Trinajstić information content (AvgIpc) is 2.09. The molecule has 0 saturated heterocycles. The molecule has 0 saturated carbocycles. The van der Waals surface area contributed by atoms with Gasteiger partial charge in [0.05, 0.1) is 11.6 Å². The molecule has 0 N–H and O–H groups in total. The van der Waals surface area contributed by atoms with Gasteiger partial charge < -0.3 is 0 Å². The summed E-state index contributed by atoms with van der Waals surface area (Å²) in [7, 11) is 1.93. The molecule has 0 atom stereocenters. The van der Waals surface area contributed by atoms with Crippen LogP contribution in [0.3, 0.4) is 0 Å². The summed E-state index contributed by atoms with van der Waals surface area (Å²) in [5.41, 5.74) is 3.35. The van der Waals surface area contributed by atoms with E-state index >= 15 is 0 Å². The van der Waals surface area contributed by atoms with E-state index in [2.05, 4.69) is 5.10 Å². The fourth-order valence-corrected chi connectivity index (χ4v) is 1.40. The lowest BCUT2D eigenvalue weighted by atomic mass is 10.2. The summed E-state index contributed by atoms with van der Waals surface area (Å²) in [5, 5.41) is 4.21. The van der Waals surface area contributed by atoms with Crippen LogP contribution in [0.2, 0.25) is 0 Å². The second-order valence-electron chi connectivity index (χ2n) is 2.41. The van der Waals surface area contributed by atoms with Crippen LogP contribution in [0.15, 0.2) is 0 Å². The van der Waals surface area contributed by atoms with E-state index in [9.17, 15) is 0 Å². The third-order valence-electron chi connectivity index (χ3n) is 1.79. The maximum Gasteiger partial charge on any atom is 0.0640 e. The highest BCUT2D eigenvalue weighted by Gasteiger charge is 2.06. The van der Waals surface area contributed by atoms with E-state index in [-0.39, 0.29) is 0 Å². The zero-order valence-corrected chi connectivity index (χ0v) is 7.24. The van der Waals surface area contributed by atoms with Crippen molar-refractivity contribution in [3.05, 3.63) is 17.0 Å². The summed E-state index contributed by atoms with van der Waals surface area (Å²) in [6.07, 6.45) is 0. The van der Waals surface area contributed by atoms with Crippen molar-refractivity contribution >= 4 is 11.6 Å². The SMILES string of the molecule is Cc1nn(C)c(C)c1CCl. The summed E-state index contributed by atoms with van der Waals surface area (Å²) in [6, 6.07) is 0. The van der Waals surface area contributed by atoms with Gasteiger partial charge in [0.1, 0.15) is 0 Å². The second-order valence-corrected chi connectivity index (χ2v) is 2.67. The zero-order valence-electron chi connectivity index (χ0n) is 6.48. The number of halogens is 1. The van der Waals surface area contributed by atoms with Gasteiger partial charge in [0.15, 0.2) is 0 Å². The topological polar surface area (TPSA) is 17.8 Å². The summed E-state index contributed by atoms with van der Waals surface area (Å²) in [6.45, 7) is 4.00. The lowest BCUT2D eigenvalue weighted by Gasteiger charge is -1.93. The Bertz CT molecular complexity index is 240. The van der Waals surface area contributed by atoms with Gasteiger partial charge in [-0.1, -0.05) is 0 Å². The van der Waals surface area contributed by atoms with Gasteiger partial charge >= 0.3 is 0 Å². The molecule has 0 amide bonds. The van der Waals surface area contributed by atoms with Crippen LogP contribution in [0.5, 0.6) is 0 Å². The van der Waals surface area contributed by atoms with Crippen molar-refractivity contribution in [3.8, 4) is 0 Å². The molecular weight excluding hydrogens is 148 g/mol. The van der Waals surface area contributed by atoms with Crippen LogP contribution in [0, 0.1) is 13.8 Å². The molecule has 0 radical (unpaired) electrons. The van der Waals surface area contributed by atoms with Gasteiger partial charge in [-0.3, -0.25) is 4.68 Å². The molecule has 0 aliphatic heterocycles. The third kappa shape index (κ3) is 1.03. The number of hydrogen-bond donors (Lipinski definition) is 0. The monoisotopic (exact) mass is 158 g/mol. The molecule has 0 aromatic carbocycles. The molecule has 10 heavy (non-hydrogen) atoms. The average molecular weight is 159 g/mol. The molecule has 1 heterocycles. The standard InChI is InChI=1S/C7H11ClN2/c1-5-7(4-8)6(2)10(3)9-5/h4H2,1-3H3. The Hall–Kier alpha value is -0.500. The fourth-order valence-electron chi connectivity index (χ4n) is 1.01. The van der Waals surface area contributed by atoms with Gasteiger partial charge in [0.2, 0.25) is 0 Å². The Kier molecular flexibility index (Phi) is 2.00. The first-order chi connectivity index (χ1) is 4.66. The van der Waals surface area contributed by atoms with Crippen LogP contribution in [-0.2, 0) is 12.9 Å². The Labute approximate surface area is 65.8 Å². The minimum Gasteiger partial charge on any atom is -0.272 e. The normalized spacial score (nSPS) is 10.4. The van der Waals surface area contributed by atoms with Crippen molar-refractivity contribution in [2.75, 3.05) is 0 Å². The maximum absolute atomic E-state index is 5.70. The Morgan fingerprint density at radius 3 is 2.30 bits per heavy atom. The molecule has 2 nitrogen and oxygen atoms in total. The molecular formula is C7H11ClN2. The minimum atomic E-state index is 0.561. The van der Waals surface area contributed by atoms with E-state index in [4.69, 9.17) is 11.6 Å². The van der Waals surface area contributed by atoms with Gasteiger partial charge in [-0.25, -0.2) is 0 Å². The van der Waals surface area contributed by atoms with E-state index in [1.165, 1.54) is 0 Å². The van der Waals surface area contributed by atoms with Gasteiger partial charge in [-0.15, -0.1) is 11.6 Å². The largest absolute Gasteiger partial charge is 0.272 e. The van der Waals surface area contributed by atoms with Crippen LogP contribution in [-0.4, -0.2) is 9.78 Å². The quantitative estimate of drug-likeness (QED) is 0.570. The molecule has 1 aromatic heterocycles. The Morgan fingerprint density at radius 2 is 2.10 bits per heavy atom. The molecule has 0 bridgehead atoms. The van der Waals surface area contributed by atoms with Crippen molar-refractivity contribution < 1.29 is 0 Å². The number of hydrogen-bond acceptors (Lipinski definition) is 1. The number of alkyl halides is 1. The van der Waals surface area contributed by atoms with Crippen molar-refractivity contribution in [2.45, 2.75) is 19.7 Å². The van der Waals surface area contributed by atoms with Crippen LogP contribution < -0.4 is 0 Å². The first-order valence-corrected chi connectivity index (χ1v) is 3.75. The molecule has 0 aliphatic rings. The summed E-state index contributed by atoms with van der Waals surface area (Å²) in [4.78, 5) is 0. The smallest absolute Gasteiger partial charge is 0.0640 e. The predicted molar refractivity (Wildman–Crippen MR) is 42.2 cm³/mol. The molecule has 0 aliphatic carbocycles. The minimum absolute atomic E-state index is 0.561. The lowest BCUT2D eigenvalue weighted by molar-refractivity contribution is 0.730. The molecule has 1 rings (SSSR count). The fraction of sp³-hybridized carbons (Fsp3) is 0.571. The number of rotatable bonds is 1. The van der Waals surface area contributed by atoms with Crippen molar-refractivity contribution in [2.24, 2.45) is 7.05 Å². The number of aryl methyl sites for hydroxylation is 2. The molecule has 0 unspecified atom stereocenters. The predicted octanol–water partition coefficient (Wildman–Crippen LogP) is 1.78. The molecule has 56 valence electrons. The second kappa shape index (κ2) is 2.62. The number of nitrogens with zero attached hydrogens (tertiary/aromatic N) is 2. The summed E-state index contributed by atoms with van der Waals surface area (Å²) >= 11 is 5.70. The lowest BCUT2D eigenvalue weighted by Crippen LogP contribution is -1.92. The van der Waals surface area contributed by atoms with Crippen LogP contribution in [0.25, 0.3) is 0 Å². The van der Waals surface area contributed by atoms with E-state index in [0.717, 1.165) is 17.0 Å². The first-order valence-electron chi connectivity index (χ1n) is 3.22. The maximum atomic E-state index is 5.70. The molecule has 1 aromatic rings. The Balaban J connectivity index is 3.20. The molecule has 3 heteroatoms. The van der Waals surface area contributed by atoms with Crippen LogP contribution >= 0.6 is 11.6 Å². The highest BCUT2D eigenvalue weighted by Crippen LogP contribution is 2.13. The molecule has 0 spiro atoms. The zero-order chi connectivity index (χ0) is 7.72. The van der Waals surface area contributed by atoms with E-state index in [1.807, 2.05) is 25.6 Å². The third-order valence-corrected chi connectivity index (χ3v) is 2.06. The summed E-state index contributed by atoms with van der Waals surface area (Å²) in [5.74, 6) is 0.561. The van der Waals surface area contributed by atoms with Crippen molar-refractivity contribution in [1.29, 1.82) is 0 Å².